The third-order valence-corrected chi connectivity index (χ3v) is 2.75. The van der Waals surface area contributed by atoms with E-state index < -0.39 is 30.6 Å². The van der Waals surface area contributed by atoms with Crippen molar-refractivity contribution in [3.63, 3.8) is 0 Å². The number of carbonyl (C=O) groups excluding carboxylic acids is 1. The SMILES string of the molecule is COC1OC(CO)C(C)C(O)C1OC(C)=O. The molecule has 0 radical (unpaired) electrons. The minimum atomic E-state index is -0.917. The van der Waals surface area contributed by atoms with Crippen LogP contribution in [0.25, 0.3) is 0 Å². The Bertz CT molecular complexity index is 241. The van der Waals surface area contributed by atoms with Crippen LogP contribution in [-0.4, -0.2) is 54.5 Å². The summed E-state index contributed by atoms with van der Waals surface area (Å²) in [7, 11) is 1.39. The predicted molar refractivity (Wildman–Crippen MR) is 53.5 cm³/mol. The van der Waals surface area contributed by atoms with Crippen LogP contribution < -0.4 is 0 Å². The fourth-order valence-corrected chi connectivity index (χ4v) is 1.77. The van der Waals surface area contributed by atoms with Gasteiger partial charge in [0.2, 0.25) is 0 Å². The van der Waals surface area contributed by atoms with Crippen LogP contribution in [0.5, 0.6) is 0 Å². The molecule has 1 aliphatic heterocycles. The van der Waals surface area contributed by atoms with Crippen LogP contribution in [0.1, 0.15) is 13.8 Å². The second-order valence-electron chi connectivity index (χ2n) is 3.88. The minimum absolute atomic E-state index is 0.217. The van der Waals surface area contributed by atoms with Gasteiger partial charge in [0, 0.05) is 20.0 Å². The van der Waals surface area contributed by atoms with Crippen molar-refractivity contribution in [3.8, 4) is 0 Å². The number of ether oxygens (including phenoxy) is 3. The number of aliphatic hydroxyl groups is 2. The van der Waals surface area contributed by atoms with Crippen molar-refractivity contribution in [2.24, 2.45) is 5.92 Å². The first-order chi connectivity index (χ1) is 7.51. The molecule has 0 bridgehead atoms. The number of hydrogen-bond acceptors (Lipinski definition) is 6. The minimum Gasteiger partial charge on any atom is -0.454 e. The summed E-state index contributed by atoms with van der Waals surface area (Å²) in [5.41, 5.74) is 0. The number of carbonyl (C=O) groups is 1. The summed E-state index contributed by atoms with van der Waals surface area (Å²) < 4.78 is 15.3. The molecule has 1 rings (SSSR count). The van der Waals surface area contributed by atoms with E-state index in [4.69, 9.17) is 19.3 Å². The molecule has 1 heterocycles. The summed E-state index contributed by atoms with van der Waals surface area (Å²) in [5, 5.41) is 19.0. The van der Waals surface area contributed by atoms with E-state index in [9.17, 15) is 9.90 Å². The zero-order valence-electron chi connectivity index (χ0n) is 9.62. The quantitative estimate of drug-likeness (QED) is 0.627. The molecular formula is C10H18O6. The summed E-state index contributed by atoms with van der Waals surface area (Å²) in [6.07, 6.45) is -3.15. The Labute approximate surface area is 94.1 Å². The van der Waals surface area contributed by atoms with Crippen LogP contribution >= 0.6 is 0 Å². The molecule has 1 aliphatic rings. The summed E-state index contributed by atoms with van der Waals surface area (Å²) in [4.78, 5) is 10.9. The average Bonchev–Trinajstić information content (AvgIpc) is 2.25. The smallest absolute Gasteiger partial charge is 0.303 e. The lowest BCUT2D eigenvalue weighted by atomic mass is 9.91. The van der Waals surface area contributed by atoms with Crippen LogP contribution in [0.3, 0.4) is 0 Å². The van der Waals surface area contributed by atoms with E-state index in [2.05, 4.69) is 0 Å². The molecule has 2 N–H and O–H groups in total. The predicted octanol–water partition coefficient (Wildman–Crippen LogP) is -0.721. The van der Waals surface area contributed by atoms with Gasteiger partial charge in [0.05, 0.1) is 12.7 Å². The number of esters is 1. The van der Waals surface area contributed by atoms with Gasteiger partial charge in [-0.3, -0.25) is 4.79 Å². The first-order valence-electron chi connectivity index (χ1n) is 5.15. The van der Waals surface area contributed by atoms with Crippen LogP contribution in [0, 0.1) is 5.92 Å². The van der Waals surface area contributed by atoms with Crippen LogP contribution in [0.4, 0.5) is 0 Å². The molecule has 1 fully saturated rings. The normalized spacial score (nSPS) is 39.4. The summed E-state index contributed by atoms with van der Waals surface area (Å²) in [6, 6.07) is 0. The molecule has 0 aromatic carbocycles. The van der Waals surface area contributed by atoms with Gasteiger partial charge in [0.15, 0.2) is 12.4 Å². The third kappa shape index (κ3) is 2.70. The summed E-state index contributed by atoms with van der Waals surface area (Å²) in [5.74, 6) is -0.843. The second kappa shape index (κ2) is 5.58. The van der Waals surface area contributed by atoms with Gasteiger partial charge in [-0.05, 0) is 0 Å². The molecule has 0 saturated carbocycles. The first kappa shape index (κ1) is 13.4. The molecule has 6 heteroatoms. The van der Waals surface area contributed by atoms with E-state index in [0.29, 0.717) is 0 Å². The molecule has 1 saturated heterocycles. The Morgan fingerprint density at radius 3 is 2.56 bits per heavy atom. The van der Waals surface area contributed by atoms with Gasteiger partial charge >= 0.3 is 5.97 Å². The molecular weight excluding hydrogens is 216 g/mol. The van der Waals surface area contributed by atoms with E-state index in [1.54, 1.807) is 6.92 Å². The van der Waals surface area contributed by atoms with Gasteiger partial charge in [-0.15, -0.1) is 0 Å². The van der Waals surface area contributed by atoms with Gasteiger partial charge in [-0.2, -0.15) is 0 Å². The average molecular weight is 234 g/mol. The van der Waals surface area contributed by atoms with Crippen LogP contribution in [0.2, 0.25) is 0 Å². The Hall–Kier alpha value is -0.690. The molecule has 94 valence electrons. The maximum atomic E-state index is 10.9. The van der Waals surface area contributed by atoms with Crippen molar-refractivity contribution >= 4 is 5.97 Å². The molecule has 0 amide bonds. The molecule has 0 aromatic heterocycles. The third-order valence-electron chi connectivity index (χ3n) is 2.75. The van der Waals surface area contributed by atoms with Crippen LogP contribution in [-0.2, 0) is 19.0 Å². The number of hydrogen-bond donors (Lipinski definition) is 2. The van der Waals surface area contributed by atoms with Gasteiger partial charge in [0.25, 0.3) is 0 Å². The molecule has 5 unspecified atom stereocenters. The van der Waals surface area contributed by atoms with E-state index in [1.165, 1.54) is 14.0 Å². The van der Waals surface area contributed by atoms with Crippen molar-refractivity contribution in [2.75, 3.05) is 13.7 Å². The standard InChI is InChI=1S/C10H18O6/c1-5-7(4-11)16-10(14-3)9(8(5)13)15-6(2)12/h5,7-11,13H,4H2,1-3H3. The first-order valence-corrected chi connectivity index (χ1v) is 5.15. The lowest BCUT2D eigenvalue weighted by Gasteiger charge is -2.41. The molecule has 16 heavy (non-hydrogen) atoms. The van der Waals surface area contributed by atoms with Crippen LogP contribution in [0.15, 0.2) is 0 Å². The molecule has 0 spiro atoms. The van der Waals surface area contributed by atoms with Gasteiger partial charge in [-0.1, -0.05) is 6.92 Å². The number of methoxy groups -OCH3 is 1. The van der Waals surface area contributed by atoms with Crippen molar-refractivity contribution in [3.05, 3.63) is 0 Å². The summed E-state index contributed by atoms with van der Waals surface area (Å²) >= 11 is 0. The fraction of sp³-hybridized carbons (Fsp3) is 0.900. The maximum absolute atomic E-state index is 10.9. The lowest BCUT2D eigenvalue weighted by Crippen LogP contribution is -2.56. The highest BCUT2D eigenvalue weighted by atomic mass is 16.7. The van der Waals surface area contributed by atoms with Crippen molar-refractivity contribution < 1.29 is 29.2 Å². The van der Waals surface area contributed by atoms with E-state index >= 15 is 0 Å². The van der Waals surface area contributed by atoms with Crippen molar-refractivity contribution in [1.29, 1.82) is 0 Å². The maximum Gasteiger partial charge on any atom is 0.303 e. The van der Waals surface area contributed by atoms with Gasteiger partial charge < -0.3 is 24.4 Å². The van der Waals surface area contributed by atoms with Crippen molar-refractivity contribution in [1.82, 2.24) is 0 Å². The number of aliphatic hydroxyl groups excluding tert-OH is 2. The zero-order valence-corrected chi connectivity index (χ0v) is 9.62. The largest absolute Gasteiger partial charge is 0.454 e. The topological polar surface area (TPSA) is 85.2 Å². The zero-order chi connectivity index (χ0) is 12.3. The second-order valence-corrected chi connectivity index (χ2v) is 3.88. The molecule has 0 aliphatic carbocycles. The Morgan fingerprint density at radius 2 is 2.12 bits per heavy atom. The highest BCUT2D eigenvalue weighted by Crippen LogP contribution is 2.28. The Morgan fingerprint density at radius 1 is 1.50 bits per heavy atom. The van der Waals surface area contributed by atoms with Gasteiger partial charge in [-0.25, -0.2) is 0 Å². The highest BCUT2D eigenvalue weighted by Gasteiger charge is 2.44. The fourth-order valence-electron chi connectivity index (χ4n) is 1.77. The van der Waals surface area contributed by atoms with Crippen molar-refractivity contribution in [2.45, 2.75) is 38.4 Å². The molecule has 0 aromatic rings. The van der Waals surface area contributed by atoms with E-state index in [0.717, 1.165) is 0 Å². The molecule has 5 atom stereocenters. The van der Waals surface area contributed by atoms with Gasteiger partial charge in [0.1, 0.15) is 6.10 Å². The molecule has 6 nitrogen and oxygen atoms in total. The Kier molecular flexibility index (Phi) is 4.67. The number of rotatable bonds is 3. The Balaban J connectivity index is 2.77. The monoisotopic (exact) mass is 234 g/mol. The highest BCUT2D eigenvalue weighted by molar-refractivity contribution is 5.66. The summed E-state index contributed by atoms with van der Waals surface area (Å²) in [6.45, 7) is 2.75. The van der Waals surface area contributed by atoms with E-state index in [1.807, 2.05) is 0 Å². The van der Waals surface area contributed by atoms with E-state index in [-0.39, 0.29) is 12.5 Å². The lowest BCUT2D eigenvalue weighted by molar-refractivity contribution is -0.284.